The van der Waals surface area contributed by atoms with Crippen LogP contribution < -0.4 is 0 Å². The van der Waals surface area contributed by atoms with Gasteiger partial charge in [0.1, 0.15) is 5.01 Å². The number of aromatic nitrogens is 2. The minimum Gasteiger partial charge on any atom is -0.478 e. The van der Waals surface area contributed by atoms with Gasteiger partial charge in [-0.3, -0.25) is 4.98 Å². The zero-order valence-corrected chi connectivity index (χ0v) is 13.1. The van der Waals surface area contributed by atoms with Crippen LogP contribution in [0.25, 0.3) is 21.3 Å². The third kappa shape index (κ3) is 2.65. The number of aromatic carboxylic acids is 1. The van der Waals surface area contributed by atoms with E-state index in [9.17, 15) is 4.79 Å². The van der Waals surface area contributed by atoms with Gasteiger partial charge in [0, 0.05) is 11.6 Å². The molecule has 3 aromatic heterocycles. The molecule has 20 heavy (non-hydrogen) atoms. The molecule has 100 valence electrons. The van der Waals surface area contributed by atoms with Crippen molar-refractivity contribution in [1.29, 1.82) is 0 Å². The predicted octanol–water partition coefficient (Wildman–Crippen LogP) is 4.39. The van der Waals surface area contributed by atoms with E-state index in [1.54, 1.807) is 11.3 Å². The normalized spacial score (nSPS) is 10.7. The van der Waals surface area contributed by atoms with Gasteiger partial charge in [-0.2, -0.15) is 0 Å². The number of hydrogen-bond donors (Lipinski definition) is 1. The molecule has 0 aliphatic rings. The summed E-state index contributed by atoms with van der Waals surface area (Å²) in [5.41, 5.74) is 1.67. The number of carbonyl (C=O) groups is 1. The third-order valence-corrected chi connectivity index (χ3v) is 5.07. The standard InChI is InChI=1S/C13H7BrN2O2S2/c14-11-2-1-10(20-11)9-6-19-12(16-9)8-5-7(13(17)18)3-4-15-8/h1-6H,(H,17,18). The van der Waals surface area contributed by atoms with Crippen molar-refractivity contribution in [1.82, 2.24) is 9.97 Å². The van der Waals surface area contributed by atoms with Crippen LogP contribution in [0.2, 0.25) is 0 Å². The maximum absolute atomic E-state index is 11.0. The maximum atomic E-state index is 11.0. The van der Waals surface area contributed by atoms with Gasteiger partial charge in [0.15, 0.2) is 0 Å². The molecule has 0 saturated heterocycles. The molecule has 0 aromatic carbocycles. The average molecular weight is 367 g/mol. The molecule has 3 rings (SSSR count). The zero-order valence-electron chi connectivity index (χ0n) is 9.91. The molecule has 0 aliphatic heterocycles. The fraction of sp³-hybridized carbons (Fsp3) is 0. The smallest absolute Gasteiger partial charge is 0.335 e. The first-order chi connectivity index (χ1) is 9.63. The lowest BCUT2D eigenvalue weighted by Crippen LogP contribution is -1.97. The first kappa shape index (κ1) is 13.4. The molecule has 0 fully saturated rings. The molecular weight excluding hydrogens is 360 g/mol. The average Bonchev–Trinajstić information content (AvgIpc) is 3.07. The maximum Gasteiger partial charge on any atom is 0.335 e. The Kier molecular flexibility index (Phi) is 3.64. The van der Waals surface area contributed by atoms with Crippen molar-refractivity contribution in [2.75, 3.05) is 0 Å². The summed E-state index contributed by atoms with van der Waals surface area (Å²) in [6.45, 7) is 0. The van der Waals surface area contributed by atoms with E-state index in [2.05, 4.69) is 25.9 Å². The Morgan fingerprint density at radius 2 is 2.10 bits per heavy atom. The number of rotatable bonds is 3. The Morgan fingerprint density at radius 1 is 1.25 bits per heavy atom. The number of carboxylic acids is 1. The molecule has 0 bridgehead atoms. The van der Waals surface area contributed by atoms with Crippen molar-refractivity contribution in [3.05, 3.63) is 45.2 Å². The van der Waals surface area contributed by atoms with Crippen molar-refractivity contribution >= 4 is 44.6 Å². The SMILES string of the molecule is O=C(O)c1ccnc(-c2nc(-c3ccc(Br)s3)cs2)c1. The molecule has 0 aliphatic carbocycles. The van der Waals surface area contributed by atoms with Crippen molar-refractivity contribution in [2.45, 2.75) is 0 Å². The third-order valence-electron chi connectivity index (χ3n) is 2.56. The summed E-state index contributed by atoms with van der Waals surface area (Å²) in [6.07, 6.45) is 1.49. The van der Waals surface area contributed by atoms with Crippen molar-refractivity contribution < 1.29 is 9.90 Å². The molecule has 3 aromatic rings. The highest BCUT2D eigenvalue weighted by Gasteiger charge is 2.11. The Bertz CT molecular complexity index is 782. The molecule has 3 heterocycles. The van der Waals surface area contributed by atoms with Crippen LogP contribution in [0.5, 0.6) is 0 Å². The van der Waals surface area contributed by atoms with E-state index < -0.39 is 5.97 Å². The number of pyridine rings is 1. The number of nitrogens with zero attached hydrogens (tertiary/aromatic N) is 2. The van der Waals surface area contributed by atoms with Gasteiger partial charge in [0.25, 0.3) is 0 Å². The van der Waals surface area contributed by atoms with Gasteiger partial charge in [-0.25, -0.2) is 9.78 Å². The molecule has 0 amide bonds. The van der Waals surface area contributed by atoms with Crippen LogP contribution in [0.1, 0.15) is 10.4 Å². The van der Waals surface area contributed by atoms with Gasteiger partial charge in [0.2, 0.25) is 0 Å². The predicted molar refractivity (Wildman–Crippen MR) is 83.3 cm³/mol. The van der Waals surface area contributed by atoms with Crippen LogP contribution in [-0.2, 0) is 0 Å². The second-order valence-electron chi connectivity index (χ2n) is 3.88. The van der Waals surface area contributed by atoms with Gasteiger partial charge < -0.3 is 5.11 Å². The number of carboxylic acid groups (broad SMARTS) is 1. The second kappa shape index (κ2) is 5.43. The highest BCUT2D eigenvalue weighted by Crippen LogP contribution is 2.34. The molecule has 0 radical (unpaired) electrons. The minimum absolute atomic E-state index is 0.214. The topological polar surface area (TPSA) is 63.1 Å². The minimum atomic E-state index is -0.965. The number of thiophene rings is 1. The Balaban J connectivity index is 1.98. The molecule has 0 spiro atoms. The lowest BCUT2D eigenvalue weighted by atomic mass is 10.2. The van der Waals surface area contributed by atoms with E-state index in [0.717, 1.165) is 14.4 Å². The summed E-state index contributed by atoms with van der Waals surface area (Å²) in [6, 6.07) is 6.98. The molecule has 0 saturated carbocycles. The van der Waals surface area contributed by atoms with Crippen molar-refractivity contribution in [3.63, 3.8) is 0 Å². The Morgan fingerprint density at radius 3 is 2.80 bits per heavy atom. The number of thiazole rings is 1. The van der Waals surface area contributed by atoms with E-state index in [-0.39, 0.29) is 5.56 Å². The largest absolute Gasteiger partial charge is 0.478 e. The van der Waals surface area contributed by atoms with Crippen LogP contribution >= 0.6 is 38.6 Å². The fourth-order valence-electron chi connectivity index (χ4n) is 1.64. The van der Waals surface area contributed by atoms with Crippen LogP contribution in [0.3, 0.4) is 0 Å². The van der Waals surface area contributed by atoms with Crippen LogP contribution in [0.4, 0.5) is 0 Å². The van der Waals surface area contributed by atoms with E-state index in [1.165, 1.54) is 29.7 Å². The van der Waals surface area contributed by atoms with Gasteiger partial charge in [0.05, 0.1) is 25.6 Å². The summed E-state index contributed by atoms with van der Waals surface area (Å²) in [4.78, 5) is 20.7. The van der Waals surface area contributed by atoms with Crippen molar-refractivity contribution in [2.24, 2.45) is 0 Å². The quantitative estimate of drug-likeness (QED) is 0.746. The highest BCUT2D eigenvalue weighted by molar-refractivity contribution is 9.11. The molecule has 0 unspecified atom stereocenters. The summed E-state index contributed by atoms with van der Waals surface area (Å²) in [5.74, 6) is -0.965. The van der Waals surface area contributed by atoms with Crippen LogP contribution in [0.15, 0.2) is 39.6 Å². The fourth-order valence-corrected chi connectivity index (χ4v) is 3.84. The summed E-state index contributed by atoms with van der Waals surface area (Å²) >= 11 is 6.48. The summed E-state index contributed by atoms with van der Waals surface area (Å²) in [7, 11) is 0. The van der Waals surface area contributed by atoms with Crippen LogP contribution in [-0.4, -0.2) is 21.0 Å². The lowest BCUT2D eigenvalue weighted by molar-refractivity contribution is 0.0697. The van der Waals surface area contributed by atoms with Gasteiger partial charge in [-0.05, 0) is 40.2 Å². The Labute approximate surface area is 130 Å². The molecule has 1 N–H and O–H groups in total. The summed E-state index contributed by atoms with van der Waals surface area (Å²) in [5, 5.41) is 11.7. The van der Waals surface area contributed by atoms with Gasteiger partial charge >= 0.3 is 5.97 Å². The highest BCUT2D eigenvalue weighted by atomic mass is 79.9. The molecule has 7 heteroatoms. The first-order valence-electron chi connectivity index (χ1n) is 5.54. The molecule has 0 atom stereocenters. The second-order valence-corrected chi connectivity index (χ2v) is 7.20. The van der Waals surface area contributed by atoms with Gasteiger partial charge in [-0.1, -0.05) is 0 Å². The number of hydrogen-bond acceptors (Lipinski definition) is 5. The molecule has 4 nitrogen and oxygen atoms in total. The van der Waals surface area contributed by atoms with E-state index in [0.29, 0.717) is 10.7 Å². The van der Waals surface area contributed by atoms with E-state index in [4.69, 9.17) is 5.11 Å². The van der Waals surface area contributed by atoms with E-state index >= 15 is 0 Å². The molecular formula is C13H7BrN2O2S2. The summed E-state index contributed by atoms with van der Waals surface area (Å²) < 4.78 is 1.05. The van der Waals surface area contributed by atoms with Gasteiger partial charge in [-0.15, -0.1) is 22.7 Å². The monoisotopic (exact) mass is 366 g/mol. The van der Waals surface area contributed by atoms with Crippen molar-refractivity contribution in [3.8, 4) is 21.3 Å². The first-order valence-corrected chi connectivity index (χ1v) is 8.03. The zero-order chi connectivity index (χ0) is 14.1. The van der Waals surface area contributed by atoms with Crippen LogP contribution in [0, 0.1) is 0 Å². The van der Waals surface area contributed by atoms with E-state index in [1.807, 2.05) is 17.5 Å². The lowest BCUT2D eigenvalue weighted by Gasteiger charge is -1.97. The Hall–Kier alpha value is -1.57. The number of halogens is 1.